The van der Waals surface area contributed by atoms with E-state index in [0.29, 0.717) is 11.3 Å². The van der Waals surface area contributed by atoms with Gasteiger partial charge in [0.15, 0.2) is 6.61 Å². The van der Waals surface area contributed by atoms with Crippen LogP contribution in [0.1, 0.15) is 11.1 Å². The highest BCUT2D eigenvalue weighted by Crippen LogP contribution is 2.26. The van der Waals surface area contributed by atoms with Crippen LogP contribution in [0.4, 0.5) is 0 Å². The predicted molar refractivity (Wildman–Crippen MR) is 65.1 cm³/mol. The molecule has 18 heavy (non-hydrogen) atoms. The number of carbonyl (C=O) groups is 1. The maximum Gasteiger partial charge on any atom is 0.341 e. The fourth-order valence-electron chi connectivity index (χ4n) is 1.92. The van der Waals surface area contributed by atoms with Crippen molar-refractivity contribution in [2.75, 3.05) is 6.61 Å². The number of carboxylic acid groups (broad SMARTS) is 1. The van der Waals surface area contributed by atoms with E-state index < -0.39 is 18.2 Å². The Morgan fingerprint density at radius 3 is 2.61 bits per heavy atom. The van der Waals surface area contributed by atoms with Gasteiger partial charge in [-0.15, -0.1) is 0 Å². The number of ether oxygens (including phenoxy) is 1. The van der Waals surface area contributed by atoms with Crippen molar-refractivity contribution in [3.8, 4) is 5.75 Å². The number of aliphatic carboxylic acids is 1. The molecular weight excluding hydrogens is 236 g/mol. The minimum Gasteiger partial charge on any atom is -0.482 e. The Morgan fingerprint density at radius 2 is 1.94 bits per heavy atom. The van der Waals surface area contributed by atoms with E-state index in [-0.39, 0.29) is 0 Å². The van der Waals surface area contributed by atoms with Crippen LogP contribution in [0.2, 0.25) is 0 Å². The molecule has 0 fully saturated rings. The highest BCUT2D eigenvalue weighted by atomic mass is 16.5. The molecule has 2 rings (SSSR count). The summed E-state index contributed by atoms with van der Waals surface area (Å²) in [6.07, 6.45) is 0. The number of carboxylic acids is 1. The second-order valence-corrected chi connectivity index (χ2v) is 4.04. The van der Waals surface area contributed by atoms with E-state index in [4.69, 9.17) is 14.3 Å². The molecule has 0 saturated carbocycles. The van der Waals surface area contributed by atoms with E-state index in [2.05, 4.69) is 0 Å². The largest absolute Gasteiger partial charge is 0.482 e. The summed E-state index contributed by atoms with van der Waals surface area (Å²) in [4.78, 5) is 21.7. The van der Waals surface area contributed by atoms with Gasteiger partial charge in [0.25, 0.3) is 0 Å². The van der Waals surface area contributed by atoms with Crippen molar-refractivity contribution in [3.63, 3.8) is 0 Å². The predicted octanol–water partition coefficient (Wildman–Crippen LogP) is 1.87. The number of hydrogen-bond acceptors (Lipinski definition) is 4. The molecule has 0 spiro atoms. The van der Waals surface area contributed by atoms with E-state index in [9.17, 15) is 9.59 Å². The molecule has 0 unspecified atom stereocenters. The van der Waals surface area contributed by atoms with Gasteiger partial charge >= 0.3 is 11.6 Å². The van der Waals surface area contributed by atoms with Crippen molar-refractivity contribution in [2.45, 2.75) is 13.8 Å². The monoisotopic (exact) mass is 248 g/mol. The molecule has 5 nitrogen and oxygen atoms in total. The molecule has 0 bridgehead atoms. The van der Waals surface area contributed by atoms with Crippen molar-refractivity contribution in [3.05, 3.63) is 39.7 Å². The van der Waals surface area contributed by atoms with Gasteiger partial charge in [-0.2, -0.15) is 0 Å². The molecule has 0 radical (unpaired) electrons. The molecule has 5 heteroatoms. The van der Waals surface area contributed by atoms with Gasteiger partial charge in [0, 0.05) is 17.5 Å². The van der Waals surface area contributed by atoms with Crippen LogP contribution in [-0.2, 0) is 4.79 Å². The van der Waals surface area contributed by atoms with Crippen LogP contribution in [-0.4, -0.2) is 17.7 Å². The molecule has 0 saturated heterocycles. The molecular formula is C13H12O5. The lowest BCUT2D eigenvalue weighted by Crippen LogP contribution is -2.09. The Balaban J connectivity index is 2.54. The summed E-state index contributed by atoms with van der Waals surface area (Å²) in [7, 11) is 0. The van der Waals surface area contributed by atoms with Gasteiger partial charge in [-0.1, -0.05) is 0 Å². The molecule has 1 aromatic heterocycles. The van der Waals surface area contributed by atoms with E-state index in [1.54, 1.807) is 6.07 Å². The summed E-state index contributed by atoms with van der Waals surface area (Å²) in [5, 5.41) is 9.39. The summed E-state index contributed by atoms with van der Waals surface area (Å²) in [5.41, 5.74) is 1.66. The van der Waals surface area contributed by atoms with Crippen LogP contribution in [0, 0.1) is 13.8 Å². The van der Waals surface area contributed by atoms with Crippen molar-refractivity contribution in [1.29, 1.82) is 0 Å². The molecule has 0 atom stereocenters. The van der Waals surface area contributed by atoms with Gasteiger partial charge in [0.2, 0.25) is 0 Å². The summed E-state index contributed by atoms with van der Waals surface area (Å²) in [6.45, 7) is 3.24. The Kier molecular flexibility index (Phi) is 3.06. The van der Waals surface area contributed by atoms with Gasteiger partial charge in [-0.25, -0.2) is 9.59 Å². The zero-order valence-electron chi connectivity index (χ0n) is 10.0. The van der Waals surface area contributed by atoms with E-state index in [1.165, 1.54) is 12.1 Å². The van der Waals surface area contributed by atoms with E-state index in [1.807, 2.05) is 13.8 Å². The van der Waals surface area contributed by atoms with Gasteiger partial charge in [0.1, 0.15) is 11.3 Å². The highest BCUT2D eigenvalue weighted by molar-refractivity contribution is 5.85. The maximum absolute atomic E-state index is 11.3. The van der Waals surface area contributed by atoms with Gasteiger partial charge < -0.3 is 14.3 Å². The second kappa shape index (κ2) is 4.52. The summed E-state index contributed by atoms with van der Waals surface area (Å²) < 4.78 is 10.2. The first-order chi connectivity index (χ1) is 8.47. The number of hydrogen-bond donors (Lipinski definition) is 1. The molecule has 0 aliphatic heterocycles. The average molecular weight is 248 g/mol. The first-order valence-electron chi connectivity index (χ1n) is 5.37. The summed E-state index contributed by atoms with van der Waals surface area (Å²) >= 11 is 0. The minimum absolute atomic E-state index is 0.371. The quantitative estimate of drug-likeness (QED) is 0.839. The maximum atomic E-state index is 11.3. The third kappa shape index (κ3) is 2.34. The Hall–Kier alpha value is -2.30. The molecule has 0 amide bonds. The number of fused-ring (bicyclic) bond motifs is 1. The van der Waals surface area contributed by atoms with Crippen LogP contribution >= 0.6 is 0 Å². The average Bonchev–Trinajstić information content (AvgIpc) is 2.24. The van der Waals surface area contributed by atoms with E-state index >= 15 is 0 Å². The second-order valence-electron chi connectivity index (χ2n) is 4.04. The minimum atomic E-state index is -1.06. The van der Waals surface area contributed by atoms with Crippen LogP contribution < -0.4 is 10.4 Å². The third-order valence-corrected chi connectivity index (χ3v) is 2.57. The first-order valence-corrected chi connectivity index (χ1v) is 5.37. The standard InChI is InChI=1S/C13H12O5/c1-7-3-9(17-6-11(14)15)5-10-13(7)8(2)4-12(16)18-10/h3-5H,6H2,1-2H3,(H,14,15). The zero-order chi connectivity index (χ0) is 13.3. The molecule has 2 aromatic rings. The van der Waals surface area contributed by atoms with Crippen LogP contribution in [0.25, 0.3) is 11.0 Å². The SMILES string of the molecule is Cc1cc(OCC(=O)O)cc2oc(=O)cc(C)c12. The number of aryl methyl sites for hydroxylation is 2. The zero-order valence-corrected chi connectivity index (χ0v) is 10.0. The third-order valence-electron chi connectivity index (χ3n) is 2.57. The normalized spacial score (nSPS) is 10.6. The molecule has 1 aromatic carbocycles. The molecule has 1 heterocycles. The van der Waals surface area contributed by atoms with E-state index in [0.717, 1.165) is 16.5 Å². The Bertz CT molecular complexity index is 669. The highest BCUT2D eigenvalue weighted by Gasteiger charge is 2.08. The van der Waals surface area contributed by atoms with Gasteiger partial charge in [0.05, 0.1) is 0 Å². The number of benzene rings is 1. The summed E-state index contributed by atoms with van der Waals surface area (Å²) in [5.74, 6) is -0.686. The fraction of sp³-hybridized carbons (Fsp3) is 0.231. The van der Waals surface area contributed by atoms with Crippen molar-refractivity contribution >= 4 is 16.9 Å². The topological polar surface area (TPSA) is 76.7 Å². The molecule has 1 N–H and O–H groups in total. The Morgan fingerprint density at radius 1 is 1.28 bits per heavy atom. The van der Waals surface area contributed by atoms with Crippen LogP contribution in [0.5, 0.6) is 5.75 Å². The first kappa shape index (κ1) is 12.2. The Labute approximate surface area is 103 Å². The lowest BCUT2D eigenvalue weighted by Gasteiger charge is -2.08. The molecule has 0 aliphatic carbocycles. The summed E-state index contributed by atoms with van der Waals surface area (Å²) in [6, 6.07) is 4.67. The van der Waals surface area contributed by atoms with Crippen molar-refractivity contribution in [2.24, 2.45) is 0 Å². The fourth-order valence-corrected chi connectivity index (χ4v) is 1.92. The smallest absolute Gasteiger partial charge is 0.341 e. The lowest BCUT2D eigenvalue weighted by atomic mass is 10.1. The van der Waals surface area contributed by atoms with Crippen LogP contribution in [0.15, 0.2) is 27.4 Å². The van der Waals surface area contributed by atoms with Gasteiger partial charge in [-0.05, 0) is 31.0 Å². The lowest BCUT2D eigenvalue weighted by molar-refractivity contribution is -0.139. The molecule has 94 valence electrons. The van der Waals surface area contributed by atoms with Crippen LogP contribution in [0.3, 0.4) is 0 Å². The van der Waals surface area contributed by atoms with Crippen molar-refractivity contribution < 1.29 is 19.1 Å². The van der Waals surface area contributed by atoms with Crippen molar-refractivity contribution in [1.82, 2.24) is 0 Å². The number of rotatable bonds is 3. The van der Waals surface area contributed by atoms with Gasteiger partial charge in [-0.3, -0.25) is 0 Å². The molecule has 0 aliphatic rings.